The van der Waals surface area contributed by atoms with Crippen molar-refractivity contribution >= 4 is 24.7 Å². The van der Waals surface area contributed by atoms with E-state index in [1.54, 1.807) is 13.8 Å². The van der Waals surface area contributed by atoms with Gasteiger partial charge in [0.15, 0.2) is 11.9 Å². The molecule has 30 heavy (non-hydrogen) atoms. The molecule has 0 spiro atoms. The molecule has 2 aromatic carbocycles. The lowest BCUT2D eigenvalue weighted by Gasteiger charge is -2.43. The van der Waals surface area contributed by atoms with Crippen molar-refractivity contribution in [2.45, 2.75) is 57.7 Å². The normalized spacial score (nSPS) is 21.4. The SMILES string of the molecule is COC(=O)[C@H]1OC(C)(C)O[C@H]1CO[Si](c1ccccc1)(c1ccccc1)C(C)(C)C. The fourth-order valence-electron chi connectivity index (χ4n) is 4.24. The van der Waals surface area contributed by atoms with Gasteiger partial charge in [-0.2, -0.15) is 0 Å². The summed E-state index contributed by atoms with van der Waals surface area (Å²) >= 11 is 0. The van der Waals surface area contributed by atoms with Crippen molar-refractivity contribution in [1.82, 2.24) is 0 Å². The van der Waals surface area contributed by atoms with Crippen molar-refractivity contribution in [3.8, 4) is 0 Å². The zero-order valence-corrected chi connectivity index (χ0v) is 19.7. The minimum atomic E-state index is -2.73. The average molecular weight is 429 g/mol. The van der Waals surface area contributed by atoms with Gasteiger partial charge in [-0.05, 0) is 29.3 Å². The summed E-state index contributed by atoms with van der Waals surface area (Å²) in [6.45, 7) is 10.5. The van der Waals surface area contributed by atoms with Gasteiger partial charge in [-0.15, -0.1) is 0 Å². The van der Waals surface area contributed by atoms with Crippen LogP contribution in [0, 0.1) is 0 Å². The second-order valence-corrected chi connectivity index (χ2v) is 13.4. The highest BCUT2D eigenvalue weighted by atomic mass is 28.4. The largest absolute Gasteiger partial charge is 0.467 e. The third-order valence-electron chi connectivity index (χ3n) is 5.50. The Kier molecular flexibility index (Phi) is 6.53. The zero-order valence-electron chi connectivity index (χ0n) is 18.7. The molecule has 0 aliphatic carbocycles. The predicted molar refractivity (Wildman–Crippen MR) is 119 cm³/mol. The summed E-state index contributed by atoms with van der Waals surface area (Å²) in [6.07, 6.45) is -1.36. The van der Waals surface area contributed by atoms with Gasteiger partial charge in [0, 0.05) is 0 Å². The third kappa shape index (κ3) is 4.37. The van der Waals surface area contributed by atoms with Gasteiger partial charge in [0.2, 0.25) is 0 Å². The summed E-state index contributed by atoms with van der Waals surface area (Å²) in [7, 11) is -1.37. The number of ether oxygens (including phenoxy) is 3. The molecule has 1 aliphatic rings. The molecule has 1 heterocycles. The Morgan fingerprint density at radius 1 is 0.967 bits per heavy atom. The van der Waals surface area contributed by atoms with Crippen LogP contribution in [-0.4, -0.2) is 46.0 Å². The quantitative estimate of drug-likeness (QED) is 0.522. The van der Waals surface area contributed by atoms with Crippen molar-refractivity contribution in [2.24, 2.45) is 0 Å². The second-order valence-electron chi connectivity index (χ2n) is 9.09. The van der Waals surface area contributed by atoms with Crippen LogP contribution in [0.2, 0.25) is 5.04 Å². The minimum Gasteiger partial charge on any atom is -0.467 e. The van der Waals surface area contributed by atoms with E-state index in [9.17, 15) is 4.79 Å². The Labute approximate surface area is 180 Å². The van der Waals surface area contributed by atoms with Crippen LogP contribution in [0.15, 0.2) is 60.7 Å². The molecule has 5 nitrogen and oxygen atoms in total. The molecule has 3 rings (SSSR count). The lowest BCUT2D eigenvalue weighted by molar-refractivity contribution is -0.168. The van der Waals surface area contributed by atoms with Crippen LogP contribution >= 0.6 is 0 Å². The standard InChI is InChI=1S/C24H32O5Si/c1-23(2,3)30(18-13-9-7-10-14-18,19-15-11-8-12-16-19)27-17-20-21(22(25)26-6)29-24(4,5)28-20/h7-16,20-21H,17H2,1-6H3/t20-,21-/m0/s1. The first-order valence-corrected chi connectivity index (χ1v) is 12.2. The molecular weight excluding hydrogens is 396 g/mol. The number of hydrogen-bond acceptors (Lipinski definition) is 5. The van der Waals surface area contributed by atoms with Crippen molar-refractivity contribution in [3.05, 3.63) is 60.7 Å². The van der Waals surface area contributed by atoms with Crippen LogP contribution in [0.3, 0.4) is 0 Å². The lowest BCUT2D eigenvalue weighted by atomic mass is 10.2. The molecule has 1 fully saturated rings. The van der Waals surface area contributed by atoms with Crippen LogP contribution in [0.1, 0.15) is 34.6 Å². The molecule has 2 atom stereocenters. The van der Waals surface area contributed by atoms with Gasteiger partial charge in [-0.25, -0.2) is 4.79 Å². The van der Waals surface area contributed by atoms with Crippen LogP contribution in [0.5, 0.6) is 0 Å². The van der Waals surface area contributed by atoms with Gasteiger partial charge in [0.05, 0.1) is 13.7 Å². The average Bonchev–Trinajstić information content (AvgIpc) is 3.03. The van der Waals surface area contributed by atoms with Crippen molar-refractivity contribution in [3.63, 3.8) is 0 Å². The van der Waals surface area contributed by atoms with Gasteiger partial charge >= 0.3 is 5.97 Å². The van der Waals surface area contributed by atoms with E-state index in [0.29, 0.717) is 0 Å². The molecule has 0 unspecified atom stereocenters. The molecular formula is C24H32O5Si. The molecule has 0 bridgehead atoms. The monoisotopic (exact) mass is 428 g/mol. The summed E-state index contributed by atoms with van der Waals surface area (Å²) < 4.78 is 23.7. The van der Waals surface area contributed by atoms with E-state index in [2.05, 4.69) is 45.0 Å². The molecule has 1 aliphatic heterocycles. The van der Waals surface area contributed by atoms with E-state index in [1.165, 1.54) is 17.5 Å². The number of benzene rings is 2. The van der Waals surface area contributed by atoms with Gasteiger partial charge in [-0.1, -0.05) is 81.4 Å². The van der Waals surface area contributed by atoms with Crippen LogP contribution in [0.25, 0.3) is 0 Å². The highest BCUT2D eigenvalue weighted by Gasteiger charge is 2.53. The topological polar surface area (TPSA) is 54.0 Å². The number of methoxy groups -OCH3 is 1. The zero-order chi connectivity index (χ0) is 22.0. The Hall–Kier alpha value is -1.99. The maximum Gasteiger partial charge on any atom is 0.337 e. The van der Waals surface area contributed by atoms with Gasteiger partial charge in [-0.3, -0.25) is 0 Å². The Balaban J connectivity index is 2.03. The first kappa shape index (κ1) is 22.7. The number of esters is 1. The third-order valence-corrected chi connectivity index (χ3v) is 10.5. The first-order chi connectivity index (χ1) is 14.1. The second kappa shape index (κ2) is 8.63. The highest BCUT2D eigenvalue weighted by Crippen LogP contribution is 2.38. The number of carbonyl (C=O) groups excluding carboxylic acids is 1. The van der Waals surface area contributed by atoms with Gasteiger partial charge in [0.25, 0.3) is 8.32 Å². The molecule has 162 valence electrons. The maximum absolute atomic E-state index is 12.3. The number of hydrogen-bond donors (Lipinski definition) is 0. The van der Waals surface area contributed by atoms with Crippen molar-refractivity contribution < 1.29 is 23.4 Å². The molecule has 2 aromatic rings. The molecule has 0 N–H and O–H groups in total. The molecule has 0 radical (unpaired) electrons. The van der Waals surface area contributed by atoms with E-state index in [4.69, 9.17) is 18.6 Å². The van der Waals surface area contributed by atoms with E-state index < -0.39 is 32.3 Å². The molecule has 0 amide bonds. The molecule has 0 aromatic heterocycles. The van der Waals surface area contributed by atoms with Crippen LogP contribution in [0.4, 0.5) is 0 Å². The minimum absolute atomic E-state index is 0.161. The smallest absolute Gasteiger partial charge is 0.337 e. The van der Waals surface area contributed by atoms with Crippen molar-refractivity contribution in [1.29, 1.82) is 0 Å². The lowest BCUT2D eigenvalue weighted by Crippen LogP contribution is -2.67. The van der Waals surface area contributed by atoms with E-state index in [0.717, 1.165) is 0 Å². The Morgan fingerprint density at radius 2 is 1.47 bits per heavy atom. The van der Waals surface area contributed by atoms with E-state index >= 15 is 0 Å². The first-order valence-electron chi connectivity index (χ1n) is 10.3. The number of rotatable bonds is 6. The summed E-state index contributed by atoms with van der Waals surface area (Å²) in [5, 5.41) is 2.19. The summed E-state index contributed by atoms with van der Waals surface area (Å²) in [6, 6.07) is 20.8. The summed E-state index contributed by atoms with van der Waals surface area (Å²) in [4.78, 5) is 12.3. The predicted octanol–water partition coefficient (Wildman–Crippen LogP) is 3.26. The van der Waals surface area contributed by atoms with Gasteiger partial charge in [0.1, 0.15) is 6.10 Å². The van der Waals surface area contributed by atoms with Gasteiger partial charge < -0.3 is 18.6 Å². The van der Waals surface area contributed by atoms with Crippen LogP contribution < -0.4 is 10.4 Å². The maximum atomic E-state index is 12.3. The van der Waals surface area contributed by atoms with Crippen molar-refractivity contribution in [2.75, 3.05) is 13.7 Å². The van der Waals surface area contributed by atoms with E-state index in [-0.39, 0.29) is 11.6 Å². The summed E-state index contributed by atoms with van der Waals surface area (Å²) in [5.41, 5.74) is 0. The Bertz CT molecular complexity index is 805. The Morgan fingerprint density at radius 3 is 1.90 bits per heavy atom. The highest BCUT2D eigenvalue weighted by molar-refractivity contribution is 6.99. The molecule has 1 saturated heterocycles. The van der Waals surface area contributed by atoms with Crippen LogP contribution in [-0.2, 0) is 23.4 Å². The van der Waals surface area contributed by atoms with E-state index in [1.807, 2.05) is 36.4 Å². The summed E-state index contributed by atoms with van der Waals surface area (Å²) in [5.74, 6) is -1.32. The number of carbonyl (C=O) groups is 1. The fraction of sp³-hybridized carbons (Fsp3) is 0.458. The molecule has 0 saturated carbocycles. The fourth-order valence-corrected chi connectivity index (χ4v) is 8.81. The molecule has 6 heteroatoms.